The summed E-state index contributed by atoms with van der Waals surface area (Å²) in [6.45, 7) is 7.54. The maximum atomic E-state index is 12.0. The first kappa shape index (κ1) is 17.2. The number of hydrogen-bond acceptors (Lipinski definition) is 4. The van der Waals surface area contributed by atoms with Gasteiger partial charge in [-0.25, -0.2) is 0 Å². The number of carbonyl (C=O) groups is 2. The molecule has 2 amide bonds. The van der Waals surface area contributed by atoms with Gasteiger partial charge in [-0.3, -0.25) is 9.59 Å². The van der Waals surface area contributed by atoms with Gasteiger partial charge in [-0.2, -0.15) is 0 Å². The van der Waals surface area contributed by atoms with Crippen molar-refractivity contribution >= 4 is 11.8 Å². The fraction of sp³-hybridized carbons (Fsp3) is 0.600. The maximum Gasteiger partial charge on any atom is 0.287 e. The summed E-state index contributed by atoms with van der Waals surface area (Å²) in [5.74, 6) is -0.625. The van der Waals surface area contributed by atoms with E-state index in [0.717, 1.165) is 0 Å². The van der Waals surface area contributed by atoms with Gasteiger partial charge in [0, 0.05) is 0 Å². The highest BCUT2D eigenvalue weighted by Gasteiger charge is 2.23. The van der Waals surface area contributed by atoms with Crippen molar-refractivity contribution < 1.29 is 19.1 Å². The molecular formula is C15H24N2O4. The summed E-state index contributed by atoms with van der Waals surface area (Å²) < 4.78 is 4.96. The van der Waals surface area contributed by atoms with Gasteiger partial charge in [0.15, 0.2) is 5.76 Å². The Morgan fingerprint density at radius 1 is 1.33 bits per heavy atom. The highest BCUT2D eigenvalue weighted by atomic mass is 16.3. The summed E-state index contributed by atoms with van der Waals surface area (Å²) in [6, 6.07) is 2.08. The quantitative estimate of drug-likeness (QED) is 0.738. The molecule has 6 nitrogen and oxygen atoms in total. The Kier molecular flexibility index (Phi) is 5.96. The number of hydrogen-bond donors (Lipinski definition) is 3. The minimum absolute atomic E-state index is 0.0126. The molecule has 1 rings (SSSR count). The molecule has 0 fully saturated rings. The van der Waals surface area contributed by atoms with E-state index in [2.05, 4.69) is 10.6 Å². The number of nitrogens with one attached hydrogen (secondary N) is 2. The number of furan rings is 1. The van der Waals surface area contributed by atoms with Gasteiger partial charge in [-0.15, -0.1) is 0 Å². The fourth-order valence-electron chi connectivity index (χ4n) is 1.97. The van der Waals surface area contributed by atoms with Crippen LogP contribution in [0, 0.1) is 5.41 Å². The molecule has 0 radical (unpaired) electrons. The Morgan fingerprint density at radius 3 is 2.48 bits per heavy atom. The van der Waals surface area contributed by atoms with Crippen molar-refractivity contribution in [2.75, 3.05) is 6.61 Å². The molecule has 0 aliphatic rings. The zero-order valence-corrected chi connectivity index (χ0v) is 13.0. The Bertz CT molecular complexity index is 463. The van der Waals surface area contributed by atoms with Crippen LogP contribution in [0.4, 0.5) is 0 Å². The standard InChI is InChI=1S/C15H24N2O4/c1-10(16-14(20)12-6-5-7-21-12)13(19)17-11(9-18)8-15(2,3)4/h5-7,10-11,18H,8-9H2,1-4H3,(H,16,20)(H,17,19). The third kappa shape index (κ3) is 5.99. The number of carbonyl (C=O) groups excluding carboxylic acids is 2. The number of amides is 2. The monoisotopic (exact) mass is 296 g/mol. The number of rotatable bonds is 6. The van der Waals surface area contributed by atoms with Gasteiger partial charge in [0.2, 0.25) is 5.91 Å². The lowest BCUT2D eigenvalue weighted by molar-refractivity contribution is -0.123. The van der Waals surface area contributed by atoms with Crippen LogP contribution in [0.3, 0.4) is 0 Å². The summed E-state index contributed by atoms with van der Waals surface area (Å²) in [7, 11) is 0. The van der Waals surface area contributed by atoms with Crippen LogP contribution in [0.5, 0.6) is 0 Å². The van der Waals surface area contributed by atoms with Crippen molar-refractivity contribution in [1.29, 1.82) is 0 Å². The van der Waals surface area contributed by atoms with Gasteiger partial charge in [0.25, 0.3) is 5.91 Å². The summed E-state index contributed by atoms with van der Waals surface area (Å²) in [4.78, 5) is 23.8. The normalized spacial score (nSPS) is 14.3. The van der Waals surface area contributed by atoms with Crippen LogP contribution in [0.2, 0.25) is 0 Å². The van der Waals surface area contributed by atoms with E-state index in [0.29, 0.717) is 6.42 Å². The molecule has 6 heteroatoms. The Morgan fingerprint density at radius 2 is 2.00 bits per heavy atom. The van der Waals surface area contributed by atoms with Crippen molar-refractivity contribution in [3.8, 4) is 0 Å². The second kappa shape index (κ2) is 7.26. The molecule has 2 unspecified atom stereocenters. The molecule has 3 N–H and O–H groups in total. The van der Waals surface area contributed by atoms with E-state index >= 15 is 0 Å². The van der Waals surface area contributed by atoms with Crippen LogP contribution < -0.4 is 10.6 Å². The zero-order chi connectivity index (χ0) is 16.0. The molecule has 0 spiro atoms. The van der Waals surface area contributed by atoms with Crippen LogP contribution in [-0.4, -0.2) is 35.6 Å². The molecule has 0 aromatic carbocycles. The fourth-order valence-corrected chi connectivity index (χ4v) is 1.97. The smallest absolute Gasteiger partial charge is 0.287 e. The van der Waals surface area contributed by atoms with E-state index in [4.69, 9.17) is 4.42 Å². The van der Waals surface area contributed by atoms with Gasteiger partial charge in [-0.1, -0.05) is 20.8 Å². The molecule has 2 atom stereocenters. The van der Waals surface area contributed by atoms with E-state index < -0.39 is 11.9 Å². The van der Waals surface area contributed by atoms with Crippen molar-refractivity contribution in [3.63, 3.8) is 0 Å². The average molecular weight is 296 g/mol. The van der Waals surface area contributed by atoms with Crippen molar-refractivity contribution in [2.24, 2.45) is 5.41 Å². The minimum Gasteiger partial charge on any atom is -0.459 e. The molecular weight excluding hydrogens is 272 g/mol. The first-order valence-corrected chi connectivity index (χ1v) is 6.98. The number of aliphatic hydroxyl groups is 1. The van der Waals surface area contributed by atoms with E-state index in [9.17, 15) is 14.7 Å². The van der Waals surface area contributed by atoms with Crippen LogP contribution >= 0.6 is 0 Å². The van der Waals surface area contributed by atoms with Crippen LogP contribution in [0.25, 0.3) is 0 Å². The SMILES string of the molecule is CC(NC(=O)c1ccco1)C(=O)NC(CO)CC(C)(C)C. The average Bonchev–Trinajstić information content (AvgIpc) is 2.89. The van der Waals surface area contributed by atoms with Gasteiger partial charge >= 0.3 is 0 Å². The van der Waals surface area contributed by atoms with E-state index in [-0.39, 0.29) is 29.7 Å². The lowest BCUT2D eigenvalue weighted by Gasteiger charge is -2.26. The van der Waals surface area contributed by atoms with E-state index in [1.807, 2.05) is 20.8 Å². The number of aliphatic hydroxyl groups excluding tert-OH is 1. The van der Waals surface area contributed by atoms with Gasteiger partial charge in [0.1, 0.15) is 6.04 Å². The largest absolute Gasteiger partial charge is 0.459 e. The zero-order valence-electron chi connectivity index (χ0n) is 13.0. The third-order valence-electron chi connectivity index (χ3n) is 2.91. The Labute approximate surface area is 124 Å². The topological polar surface area (TPSA) is 91.6 Å². The highest BCUT2D eigenvalue weighted by Crippen LogP contribution is 2.20. The molecule has 0 bridgehead atoms. The first-order chi connectivity index (χ1) is 9.73. The maximum absolute atomic E-state index is 12.0. The van der Waals surface area contributed by atoms with Gasteiger partial charge in [-0.05, 0) is 30.9 Å². The summed E-state index contributed by atoms with van der Waals surface area (Å²) >= 11 is 0. The molecule has 0 aliphatic heterocycles. The van der Waals surface area contributed by atoms with Crippen LogP contribution in [0.15, 0.2) is 22.8 Å². The Balaban J connectivity index is 2.52. The van der Waals surface area contributed by atoms with Crippen LogP contribution in [-0.2, 0) is 4.79 Å². The van der Waals surface area contributed by atoms with Crippen molar-refractivity contribution in [1.82, 2.24) is 10.6 Å². The van der Waals surface area contributed by atoms with Gasteiger partial charge in [0.05, 0.1) is 18.9 Å². The first-order valence-electron chi connectivity index (χ1n) is 6.98. The lowest BCUT2D eigenvalue weighted by Crippen LogP contribution is -2.49. The van der Waals surface area contributed by atoms with Crippen molar-refractivity contribution in [3.05, 3.63) is 24.2 Å². The molecule has 21 heavy (non-hydrogen) atoms. The van der Waals surface area contributed by atoms with E-state index in [1.165, 1.54) is 12.3 Å². The van der Waals surface area contributed by atoms with Gasteiger partial charge < -0.3 is 20.2 Å². The summed E-state index contributed by atoms with van der Waals surface area (Å²) in [6.07, 6.45) is 2.04. The summed E-state index contributed by atoms with van der Waals surface area (Å²) in [5.41, 5.74) is -0.0126. The molecule has 0 saturated carbocycles. The molecule has 0 aliphatic carbocycles. The lowest BCUT2D eigenvalue weighted by atomic mass is 9.88. The van der Waals surface area contributed by atoms with Crippen LogP contribution in [0.1, 0.15) is 44.7 Å². The molecule has 1 aromatic heterocycles. The van der Waals surface area contributed by atoms with Crippen molar-refractivity contribution in [2.45, 2.75) is 46.2 Å². The highest BCUT2D eigenvalue weighted by molar-refractivity contribution is 5.95. The Hall–Kier alpha value is -1.82. The second-order valence-electron chi connectivity index (χ2n) is 6.33. The van der Waals surface area contributed by atoms with E-state index in [1.54, 1.807) is 13.0 Å². The molecule has 1 aromatic rings. The molecule has 0 saturated heterocycles. The second-order valence-corrected chi connectivity index (χ2v) is 6.33. The predicted octanol–water partition coefficient (Wildman–Crippen LogP) is 1.31. The third-order valence-corrected chi connectivity index (χ3v) is 2.91. The predicted molar refractivity (Wildman–Crippen MR) is 78.7 cm³/mol. The molecule has 1 heterocycles. The summed E-state index contributed by atoms with van der Waals surface area (Å²) in [5, 5.41) is 14.6. The minimum atomic E-state index is -0.711. The molecule has 118 valence electrons.